The van der Waals surface area contributed by atoms with Crippen molar-refractivity contribution < 1.29 is 9.32 Å². The molecule has 1 atom stereocenters. The third-order valence-electron chi connectivity index (χ3n) is 4.25. The number of aryl methyl sites for hydroxylation is 1. The van der Waals surface area contributed by atoms with E-state index in [1.165, 1.54) is 0 Å². The van der Waals surface area contributed by atoms with Crippen molar-refractivity contribution in [1.29, 1.82) is 0 Å². The lowest BCUT2D eigenvalue weighted by molar-refractivity contribution is -0.130. The molecule has 126 valence electrons. The monoisotopic (exact) mass is 325 g/mol. The number of likely N-dealkylation sites (tertiary alicyclic amines) is 1. The van der Waals surface area contributed by atoms with Gasteiger partial charge < -0.3 is 9.42 Å². The smallest absolute Gasteiger partial charge is 0.249 e. The summed E-state index contributed by atoms with van der Waals surface area (Å²) < 4.78 is 5.42. The van der Waals surface area contributed by atoms with E-state index in [1.54, 1.807) is 6.08 Å². The van der Waals surface area contributed by atoms with Crippen LogP contribution < -0.4 is 0 Å². The summed E-state index contributed by atoms with van der Waals surface area (Å²) in [5, 5.41) is 4.03. The van der Waals surface area contributed by atoms with Crippen molar-refractivity contribution in [2.45, 2.75) is 45.1 Å². The van der Waals surface area contributed by atoms with Crippen LogP contribution in [0.3, 0.4) is 0 Å². The molecule has 1 saturated heterocycles. The molecule has 0 N–H and O–H groups in total. The Bertz CT molecular complexity index is 694. The zero-order chi connectivity index (χ0) is 16.8. The number of rotatable bonds is 5. The van der Waals surface area contributed by atoms with E-state index in [-0.39, 0.29) is 11.9 Å². The molecule has 1 aromatic heterocycles. The largest absolute Gasteiger partial charge is 0.337 e. The van der Waals surface area contributed by atoms with Crippen molar-refractivity contribution in [3.8, 4) is 0 Å². The standard InChI is InChI=1S/C19H23N3O2/c1-2-8-17-20-19(24-21-17)16-11-6-7-14-22(16)18(23)13-12-15-9-4-3-5-10-15/h3-5,9-10,12-13,16H,2,6-8,11,14H2,1H3/b13-12+/t16-/m0/s1. The summed E-state index contributed by atoms with van der Waals surface area (Å²) >= 11 is 0. The Morgan fingerprint density at radius 3 is 2.96 bits per heavy atom. The minimum Gasteiger partial charge on any atom is -0.337 e. The van der Waals surface area contributed by atoms with E-state index in [4.69, 9.17) is 4.52 Å². The Morgan fingerprint density at radius 1 is 1.33 bits per heavy atom. The van der Waals surface area contributed by atoms with Crippen molar-refractivity contribution in [3.63, 3.8) is 0 Å². The predicted octanol–water partition coefficient (Wildman–Crippen LogP) is 3.79. The fraction of sp³-hybridized carbons (Fsp3) is 0.421. The minimum absolute atomic E-state index is 0.00112. The first-order chi connectivity index (χ1) is 11.8. The van der Waals surface area contributed by atoms with Gasteiger partial charge in [0.15, 0.2) is 5.82 Å². The number of carbonyl (C=O) groups is 1. The molecule has 1 amide bonds. The molecule has 3 rings (SSSR count). The highest BCUT2D eigenvalue weighted by Gasteiger charge is 2.31. The van der Waals surface area contributed by atoms with Crippen LogP contribution in [0.1, 0.15) is 55.9 Å². The Hall–Kier alpha value is -2.43. The summed E-state index contributed by atoms with van der Waals surface area (Å²) in [7, 11) is 0. The Labute approximate surface area is 142 Å². The maximum atomic E-state index is 12.6. The quantitative estimate of drug-likeness (QED) is 0.785. The number of amides is 1. The van der Waals surface area contributed by atoms with Gasteiger partial charge in [0.05, 0.1) is 0 Å². The maximum absolute atomic E-state index is 12.6. The minimum atomic E-state index is -0.107. The number of piperidine rings is 1. The maximum Gasteiger partial charge on any atom is 0.249 e. The van der Waals surface area contributed by atoms with Crippen LogP contribution in [0.2, 0.25) is 0 Å². The topological polar surface area (TPSA) is 59.2 Å². The van der Waals surface area contributed by atoms with Gasteiger partial charge in [-0.2, -0.15) is 4.98 Å². The van der Waals surface area contributed by atoms with Crippen LogP contribution in [-0.4, -0.2) is 27.5 Å². The first-order valence-electron chi connectivity index (χ1n) is 8.64. The SMILES string of the molecule is CCCc1noc([C@@H]2CCCCN2C(=O)/C=C/c2ccccc2)n1. The van der Waals surface area contributed by atoms with Gasteiger partial charge >= 0.3 is 0 Å². The highest BCUT2D eigenvalue weighted by Crippen LogP contribution is 2.30. The summed E-state index contributed by atoms with van der Waals surface area (Å²) in [4.78, 5) is 19.0. The van der Waals surface area contributed by atoms with Crippen LogP contribution in [0.4, 0.5) is 0 Å². The normalized spacial score (nSPS) is 18.2. The molecule has 5 heteroatoms. The average Bonchev–Trinajstić information content (AvgIpc) is 3.09. The van der Waals surface area contributed by atoms with Crippen LogP contribution in [0.25, 0.3) is 6.08 Å². The van der Waals surface area contributed by atoms with E-state index in [9.17, 15) is 4.79 Å². The first-order valence-corrected chi connectivity index (χ1v) is 8.64. The van der Waals surface area contributed by atoms with Crippen LogP contribution in [-0.2, 0) is 11.2 Å². The summed E-state index contributed by atoms with van der Waals surface area (Å²) in [6, 6.07) is 9.73. The number of aromatic nitrogens is 2. The number of hydrogen-bond donors (Lipinski definition) is 0. The third-order valence-corrected chi connectivity index (χ3v) is 4.25. The van der Waals surface area contributed by atoms with Gasteiger partial charge in [-0.1, -0.05) is 42.4 Å². The van der Waals surface area contributed by atoms with E-state index in [2.05, 4.69) is 17.1 Å². The molecule has 0 bridgehead atoms. The fourth-order valence-electron chi connectivity index (χ4n) is 3.01. The van der Waals surface area contributed by atoms with Gasteiger partial charge in [-0.3, -0.25) is 4.79 Å². The highest BCUT2D eigenvalue weighted by atomic mass is 16.5. The molecule has 5 nitrogen and oxygen atoms in total. The van der Waals surface area contributed by atoms with Gasteiger partial charge in [-0.05, 0) is 37.3 Å². The van der Waals surface area contributed by atoms with E-state index in [1.807, 2.05) is 41.3 Å². The van der Waals surface area contributed by atoms with Crippen LogP contribution >= 0.6 is 0 Å². The van der Waals surface area contributed by atoms with Crippen LogP contribution in [0.15, 0.2) is 40.9 Å². The second kappa shape index (κ2) is 7.90. The van der Waals surface area contributed by atoms with Crippen molar-refractivity contribution in [3.05, 3.63) is 53.7 Å². The summed E-state index contributed by atoms with van der Waals surface area (Å²) in [5.41, 5.74) is 1.02. The summed E-state index contributed by atoms with van der Waals surface area (Å²) in [5.74, 6) is 1.30. The lowest BCUT2D eigenvalue weighted by Crippen LogP contribution is -2.37. The lowest BCUT2D eigenvalue weighted by atomic mass is 10.0. The molecule has 1 aliphatic heterocycles. The van der Waals surface area contributed by atoms with Crippen molar-refractivity contribution in [2.75, 3.05) is 6.54 Å². The van der Waals surface area contributed by atoms with Gasteiger partial charge in [-0.25, -0.2) is 0 Å². The lowest BCUT2D eigenvalue weighted by Gasteiger charge is -2.32. The summed E-state index contributed by atoms with van der Waals surface area (Å²) in [6.07, 6.45) is 8.23. The average molecular weight is 325 g/mol. The van der Waals surface area contributed by atoms with Crippen LogP contribution in [0, 0.1) is 0 Å². The summed E-state index contributed by atoms with van der Waals surface area (Å²) in [6.45, 7) is 2.81. The van der Waals surface area contributed by atoms with Crippen molar-refractivity contribution in [2.24, 2.45) is 0 Å². The zero-order valence-corrected chi connectivity index (χ0v) is 14.0. The molecular formula is C19H23N3O2. The number of benzene rings is 1. The number of carbonyl (C=O) groups excluding carboxylic acids is 1. The van der Waals surface area contributed by atoms with Crippen LogP contribution in [0.5, 0.6) is 0 Å². The van der Waals surface area contributed by atoms with E-state index >= 15 is 0 Å². The molecule has 1 aromatic carbocycles. The molecule has 2 heterocycles. The molecule has 0 aliphatic carbocycles. The third kappa shape index (κ3) is 3.91. The van der Waals surface area contributed by atoms with E-state index in [0.29, 0.717) is 5.89 Å². The number of nitrogens with zero attached hydrogens (tertiary/aromatic N) is 3. The second-order valence-corrected chi connectivity index (χ2v) is 6.09. The van der Waals surface area contributed by atoms with E-state index in [0.717, 1.165) is 50.0 Å². The Kier molecular flexibility index (Phi) is 5.41. The molecule has 24 heavy (non-hydrogen) atoms. The molecule has 1 fully saturated rings. The predicted molar refractivity (Wildman–Crippen MR) is 92.1 cm³/mol. The molecule has 1 aliphatic rings. The van der Waals surface area contributed by atoms with Gasteiger partial charge in [0.2, 0.25) is 11.8 Å². The highest BCUT2D eigenvalue weighted by molar-refractivity contribution is 5.92. The molecule has 2 aromatic rings. The zero-order valence-electron chi connectivity index (χ0n) is 14.0. The van der Waals surface area contributed by atoms with E-state index < -0.39 is 0 Å². The molecule has 0 unspecified atom stereocenters. The van der Waals surface area contributed by atoms with Gasteiger partial charge in [0, 0.05) is 19.0 Å². The molecular weight excluding hydrogens is 302 g/mol. The van der Waals surface area contributed by atoms with Gasteiger partial charge in [0.1, 0.15) is 6.04 Å². The van der Waals surface area contributed by atoms with Crippen molar-refractivity contribution in [1.82, 2.24) is 15.0 Å². The molecule has 0 radical (unpaired) electrons. The fourth-order valence-corrected chi connectivity index (χ4v) is 3.01. The Balaban J connectivity index is 1.73. The number of hydrogen-bond acceptors (Lipinski definition) is 4. The first kappa shape index (κ1) is 16.4. The van der Waals surface area contributed by atoms with Gasteiger partial charge in [-0.15, -0.1) is 0 Å². The Morgan fingerprint density at radius 2 is 2.17 bits per heavy atom. The van der Waals surface area contributed by atoms with Crippen molar-refractivity contribution >= 4 is 12.0 Å². The van der Waals surface area contributed by atoms with Gasteiger partial charge in [0.25, 0.3) is 0 Å². The molecule has 0 saturated carbocycles. The second-order valence-electron chi connectivity index (χ2n) is 6.09. The molecule has 0 spiro atoms.